The number of unbranched alkanes of at least 4 members (excludes halogenated alkanes) is 1. The van der Waals surface area contributed by atoms with Crippen LogP contribution in [0.1, 0.15) is 45.6 Å². The van der Waals surface area contributed by atoms with E-state index < -0.39 is 0 Å². The monoisotopic (exact) mass is 251 g/mol. The standard InChI is InChI=1S/C16H26FN/c1-4-5-7-15(12-18-13(2)3)10-14-8-6-9-16(17)11-14/h6,8-9,11,13,15,18H,4-5,7,10,12H2,1-3H3. The first-order valence-electron chi connectivity index (χ1n) is 7.09. The molecule has 18 heavy (non-hydrogen) atoms. The van der Waals surface area contributed by atoms with Crippen LogP contribution in [0.15, 0.2) is 24.3 Å². The normalized spacial score (nSPS) is 12.9. The number of benzene rings is 1. The van der Waals surface area contributed by atoms with Crippen molar-refractivity contribution in [2.24, 2.45) is 5.92 Å². The van der Waals surface area contributed by atoms with Gasteiger partial charge in [-0.3, -0.25) is 0 Å². The molecule has 0 saturated carbocycles. The Morgan fingerprint density at radius 1 is 1.28 bits per heavy atom. The van der Waals surface area contributed by atoms with E-state index in [2.05, 4.69) is 26.1 Å². The van der Waals surface area contributed by atoms with Crippen LogP contribution in [0, 0.1) is 11.7 Å². The molecule has 0 aliphatic carbocycles. The lowest BCUT2D eigenvalue weighted by atomic mass is 9.94. The van der Waals surface area contributed by atoms with Gasteiger partial charge in [-0.05, 0) is 43.0 Å². The highest BCUT2D eigenvalue weighted by Crippen LogP contribution is 2.16. The third-order valence-electron chi connectivity index (χ3n) is 3.19. The molecule has 0 bridgehead atoms. The molecule has 0 spiro atoms. The molecular formula is C16H26FN. The number of hydrogen-bond donors (Lipinski definition) is 1. The fourth-order valence-electron chi connectivity index (χ4n) is 2.17. The van der Waals surface area contributed by atoms with E-state index in [0.717, 1.165) is 18.5 Å². The average molecular weight is 251 g/mol. The largest absolute Gasteiger partial charge is 0.314 e. The molecule has 0 aliphatic rings. The van der Waals surface area contributed by atoms with E-state index in [1.807, 2.05) is 6.07 Å². The van der Waals surface area contributed by atoms with Crippen molar-refractivity contribution in [2.45, 2.75) is 52.5 Å². The summed E-state index contributed by atoms with van der Waals surface area (Å²) in [6.07, 6.45) is 4.66. The highest BCUT2D eigenvalue weighted by Gasteiger charge is 2.10. The second-order valence-corrected chi connectivity index (χ2v) is 5.41. The van der Waals surface area contributed by atoms with Crippen LogP contribution in [0.4, 0.5) is 4.39 Å². The van der Waals surface area contributed by atoms with E-state index in [1.165, 1.54) is 25.3 Å². The van der Waals surface area contributed by atoms with Gasteiger partial charge in [-0.15, -0.1) is 0 Å². The van der Waals surface area contributed by atoms with Gasteiger partial charge < -0.3 is 5.32 Å². The summed E-state index contributed by atoms with van der Waals surface area (Å²) in [7, 11) is 0. The smallest absolute Gasteiger partial charge is 0.123 e. The minimum absolute atomic E-state index is 0.126. The second-order valence-electron chi connectivity index (χ2n) is 5.41. The summed E-state index contributed by atoms with van der Waals surface area (Å²) in [4.78, 5) is 0. The van der Waals surface area contributed by atoms with Crippen molar-refractivity contribution in [3.63, 3.8) is 0 Å². The second kappa shape index (κ2) is 8.25. The maximum atomic E-state index is 13.2. The van der Waals surface area contributed by atoms with Gasteiger partial charge in [0.2, 0.25) is 0 Å². The van der Waals surface area contributed by atoms with Crippen LogP contribution in [0.2, 0.25) is 0 Å². The lowest BCUT2D eigenvalue weighted by molar-refractivity contribution is 0.410. The van der Waals surface area contributed by atoms with Gasteiger partial charge in [0.15, 0.2) is 0 Å². The molecule has 1 atom stereocenters. The molecule has 1 aromatic carbocycles. The molecule has 1 nitrogen and oxygen atoms in total. The van der Waals surface area contributed by atoms with E-state index in [9.17, 15) is 4.39 Å². The van der Waals surface area contributed by atoms with Crippen molar-refractivity contribution in [2.75, 3.05) is 6.54 Å². The van der Waals surface area contributed by atoms with Crippen LogP contribution in [-0.2, 0) is 6.42 Å². The molecule has 1 aromatic rings. The molecule has 0 aromatic heterocycles. The molecule has 0 heterocycles. The lowest BCUT2D eigenvalue weighted by Gasteiger charge is -2.19. The molecule has 1 N–H and O–H groups in total. The van der Waals surface area contributed by atoms with E-state index in [1.54, 1.807) is 12.1 Å². The molecule has 0 saturated heterocycles. The van der Waals surface area contributed by atoms with Crippen LogP contribution >= 0.6 is 0 Å². The van der Waals surface area contributed by atoms with Crippen molar-refractivity contribution < 1.29 is 4.39 Å². The minimum Gasteiger partial charge on any atom is -0.314 e. The summed E-state index contributed by atoms with van der Waals surface area (Å²) in [5.74, 6) is 0.479. The molecule has 0 radical (unpaired) electrons. The zero-order valence-electron chi connectivity index (χ0n) is 11.9. The van der Waals surface area contributed by atoms with Gasteiger partial charge in [0.25, 0.3) is 0 Å². The average Bonchev–Trinajstić information content (AvgIpc) is 2.32. The molecular weight excluding hydrogens is 225 g/mol. The first kappa shape index (κ1) is 15.2. The number of rotatable bonds is 8. The van der Waals surface area contributed by atoms with Crippen LogP contribution in [0.3, 0.4) is 0 Å². The van der Waals surface area contributed by atoms with Crippen molar-refractivity contribution in [3.05, 3.63) is 35.6 Å². The Hall–Kier alpha value is -0.890. The van der Waals surface area contributed by atoms with Gasteiger partial charge in [0.05, 0.1) is 0 Å². The van der Waals surface area contributed by atoms with E-state index in [4.69, 9.17) is 0 Å². The number of nitrogens with one attached hydrogen (secondary N) is 1. The first-order valence-corrected chi connectivity index (χ1v) is 7.09. The lowest BCUT2D eigenvalue weighted by Crippen LogP contribution is -2.30. The zero-order chi connectivity index (χ0) is 13.4. The Bertz CT molecular complexity index is 336. The van der Waals surface area contributed by atoms with Gasteiger partial charge in [-0.1, -0.05) is 45.7 Å². The van der Waals surface area contributed by atoms with Gasteiger partial charge in [-0.25, -0.2) is 4.39 Å². The Morgan fingerprint density at radius 2 is 2.06 bits per heavy atom. The SMILES string of the molecule is CCCCC(CNC(C)C)Cc1cccc(F)c1. The van der Waals surface area contributed by atoms with Crippen LogP contribution in [-0.4, -0.2) is 12.6 Å². The summed E-state index contributed by atoms with van der Waals surface area (Å²) in [5.41, 5.74) is 1.11. The topological polar surface area (TPSA) is 12.0 Å². The predicted octanol–water partition coefficient (Wildman–Crippen LogP) is 4.17. The zero-order valence-corrected chi connectivity index (χ0v) is 11.9. The minimum atomic E-state index is -0.126. The summed E-state index contributed by atoms with van der Waals surface area (Å²) in [6.45, 7) is 7.57. The van der Waals surface area contributed by atoms with Crippen LogP contribution in [0.25, 0.3) is 0 Å². The summed E-state index contributed by atoms with van der Waals surface area (Å²) in [5, 5.41) is 3.50. The van der Waals surface area contributed by atoms with Gasteiger partial charge in [0, 0.05) is 6.04 Å². The highest BCUT2D eigenvalue weighted by molar-refractivity contribution is 5.16. The predicted molar refractivity (Wildman–Crippen MR) is 76.3 cm³/mol. The molecule has 2 heteroatoms. The van der Waals surface area contributed by atoms with Gasteiger partial charge >= 0.3 is 0 Å². The van der Waals surface area contributed by atoms with Gasteiger partial charge in [0.1, 0.15) is 5.82 Å². The first-order chi connectivity index (χ1) is 8.61. The van der Waals surface area contributed by atoms with Crippen LogP contribution in [0.5, 0.6) is 0 Å². The molecule has 1 rings (SSSR count). The van der Waals surface area contributed by atoms with E-state index >= 15 is 0 Å². The maximum Gasteiger partial charge on any atom is 0.123 e. The van der Waals surface area contributed by atoms with Crippen molar-refractivity contribution in [3.8, 4) is 0 Å². The van der Waals surface area contributed by atoms with Crippen molar-refractivity contribution >= 4 is 0 Å². The Kier molecular flexibility index (Phi) is 6.96. The third kappa shape index (κ3) is 6.15. The number of halogens is 1. The molecule has 0 amide bonds. The quantitative estimate of drug-likeness (QED) is 0.731. The third-order valence-corrected chi connectivity index (χ3v) is 3.19. The molecule has 102 valence electrons. The Labute approximate surface area is 111 Å². The summed E-state index contributed by atoms with van der Waals surface area (Å²) >= 11 is 0. The summed E-state index contributed by atoms with van der Waals surface area (Å²) in [6, 6.07) is 7.52. The van der Waals surface area contributed by atoms with E-state index in [0.29, 0.717) is 12.0 Å². The molecule has 0 aliphatic heterocycles. The van der Waals surface area contributed by atoms with Gasteiger partial charge in [-0.2, -0.15) is 0 Å². The fourth-order valence-corrected chi connectivity index (χ4v) is 2.17. The fraction of sp³-hybridized carbons (Fsp3) is 0.625. The number of hydrogen-bond acceptors (Lipinski definition) is 1. The molecule has 1 unspecified atom stereocenters. The Morgan fingerprint density at radius 3 is 2.67 bits per heavy atom. The van der Waals surface area contributed by atoms with Crippen molar-refractivity contribution in [1.29, 1.82) is 0 Å². The highest BCUT2D eigenvalue weighted by atomic mass is 19.1. The maximum absolute atomic E-state index is 13.2. The van der Waals surface area contributed by atoms with E-state index in [-0.39, 0.29) is 5.82 Å². The summed E-state index contributed by atoms with van der Waals surface area (Å²) < 4.78 is 13.2. The van der Waals surface area contributed by atoms with Crippen molar-refractivity contribution in [1.82, 2.24) is 5.32 Å². The Balaban J connectivity index is 2.53. The molecule has 0 fully saturated rings. The van der Waals surface area contributed by atoms with Crippen LogP contribution < -0.4 is 5.32 Å².